The van der Waals surface area contributed by atoms with E-state index in [1.165, 1.54) is 6.07 Å². The number of imide groups is 1. The number of fused-ring (bicyclic) bond motifs is 5. The van der Waals surface area contributed by atoms with E-state index in [0.29, 0.717) is 9.40 Å². The van der Waals surface area contributed by atoms with Gasteiger partial charge < -0.3 is 9.57 Å². The first-order valence-electron chi connectivity index (χ1n) is 6.25. The van der Waals surface area contributed by atoms with Crippen LogP contribution in [0.4, 0.5) is 0 Å². The summed E-state index contributed by atoms with van der Waals surface area (Å²) in [4.78, 5) is 41.6. The van der Waals surface area contributed by atoms with E-state index in [4.69, 9.17) is 21.2 Å². The summed E-state index contributed by atoms with van der Waals surface area (Å²) in [6, 6.07) is 3.03. The Kier molecular flexibility index (Phi) is 2.72. The third-order valence-electron chi connectivity index (χ3n) is 3.82. The number of halogens is 1. The Morgan fingerprint density at radius 2 is 1.81 bits per heavy atom. The largest absolute Gasteiger partial charge is 0.373 e. The van der Waals surface area contributed by atoms with E-state index >= 15 is 0 Å². The quantitative estimate of drug-likeness (QED) is 0.607. The van der Waals surface area contributed by atoms with Crippen molar-refractivity contribution in [2.75, 3.05) is 0 Å². The lowest BCUT2D eigenvalue weighted by molar-refractivity contribution is -0.177. The van der Waals surface area contributed by atoms with Crippen LogP contribution >= 0.6 is 22.9 Å². The average Bonchev–Trinajstić information content (AvgIpc) is 3.19. The zero-order valence-corrected chi connectivity index (χ0v) is 12.0. The number of hydroxylamine groups is 2. The molecule has 4 atom stereocenters. The van der Waals surface area contributed by atoms with Gasteiger partial charge in [-0.05, 0) is 12.1 Å². The summed E-state index contributed by atoms with van der Waals surface area (Å²) in [6.45, 7) is 0. The minimum atomic E-state index is -0.769. The predicted molar refractivity (Wildman–Crippen MR) is 71.4 cm³/mol. The standard InChI is InChI=1S/C13H8ClNO5S/c14-8-4-3-7(21-8)13(18)20-15-11(16)9-5-1-2-6(19-5)10(9)12(15)17/h1-6,9-10H/t5-,6-,9+,10+/m1/s1. The van der Waals surface area contributed by atoms with Crippen molar-refractivity contribution in [2.24, 2.45) is 11.8 Å². The fourth-order valence-electron chi connectivity index (χ4n) is 2.92. The Bertz CT molecular complexity index is 668. The monoisotopic (exact) mass is 325 g/mol. The van der Waals surface area contributed by atoms with Gasteiger partial charge in [-0.2, -0.15) is 0 Å². The highest BCUT2D eigenvalue weighted by atomic mass is 35.5. The van der Waals surface area contributed by atoms with Crippen LogP contribution in [0.1, 0.15) is 9.67 Å². The first-order chi connectivity index (χ1) is 10.1. The van der Waals surface area contributed by atoms with Gasteiger partial charge in [-0.25, -0.2) is 4.79 Å². The fraction of sp³-hybridized carbons (Fsp3) is 0.308. The lowest BCUT2D eigenvalue weighted by atomic mass is 9.85. The molecule has 2 bridgehead atoms. The number of rotatable bonds is 2. The smallest absolute Gasteiger partial charge is 0.365 e. The molecule has 2 amide bonds. The van der Waals surface area contributed by atoms with Crippen molar-refractivity contribution in [2.45, 2.75) is 12.2 Å². The Labute approximate surface area is 127 Å². The second-order valence-corrected chi connectivity index (χ2v) is 6.67. The molecule has 4 heterocycles. The van der Waals surface area contributed by atoms with Crippen LogP contribution in [0.15, 0.2) is 24.3 Å². The maximum Gasteiger partial charge on any atom is 0.373 e. The molecule has 4 rings (SSSR count). The second kappa shape index (κ2) is 4.40. The number of hydrogen-bond donors (Lipinski definition) is 0. The molecule has 0 unspecified atom stereocenters. The van der Waals surface area contributed by atoms with Gasteiger partial charge in [0.25, 0.3) is 11.8 Å². The molecule has 1 aromatic heterocycles. The van der Waals surface area contributed by atoms with Crippen molar-refractivity contribution >= 4 is 40.7 Å². The van der Waals surface area contributed by atoms with Crippen molar-refractivity contribution in [3.63, 3.8) is 0 Å². The van der Waals surface area contributed by atoms with Crippen LogP contribution in [-0.4, -0.2) is 35.1 Å². The zero-order valence-electron chi connectivity index (χ0n) is 10.4. The summed E-state index contributed by atoms with van der Waals surface area (Å²) >= 11 is 6.76. The zero-order chi connectivity index (χ0) is 14.7. The highest BCUT2D eigenvalue weighted by Gasteiger charge is 2.62. The van der Waals surface area contributed by atoms with Gasteiger partial charge in [0.1, 0.15) is 4.88 Å². The third kappa shape index (κ3) is 1.78. The summed E-state index contributed by atoms with van der Waals surface area (Å²) < 4.78 is 5.91. The molecule has 3 aliphatic rings. The van der Waals surface area contributed by atoms with Gasteiger partial charge in [-0.3, -0.25) is 9.59 Å². The van der Waals surface area contributed by atoms with Crippen molar-refractivity contribution < 1.29 is 24.0 Å². The summed E-state index contributed by atoms with van der Waals surface area (Å²) in [5.74, 6) is -3.01. The average molecular weight is 326 g/mol. The Balaban J connectivity index is 1.56. The molecule has 2 saturated heterocycles. The SMILES string of the molecule is O=C(ON1C(=O)[C@@H]2[C@@H](C1=O)[C@H]1C=C[C@H]2O1)c1ccc(Cl)s1. The van der Waals surface area contributed by atoms with E-state index in [-0.39, 0.29) is 4.88 Å². The molecule has 0 saturated carbocycles. The Hall–Kier alpha value is -1.70. The Morgan fingerprint density at radius 1 is 1.19 bits per heavy atom. The second-order valence-electron chi connectivity index (χ2n) is 4.96. The van der Waals surface area contributed by atoms with E-state index < -0.39 is 41.8 Å². The molecular formula is C13H8ClNO5S. The Morgan fingerprint density at radius 3 is 2.33 bits per heavy atom. The molecule has 108 valence electrons. The van der Waals surface area contributed by atoms with Crippen LogP contribution < -0.4 is 0 Å². The van der Waals surface area contributed by atoms with Gasteiger partial charge in [0.15, 0.2) is 0 Å². The van der Waals surface area contributed by atoms with Crippen molar-refractivity contribution in [1.82, 2.24) is 5.06 Å². The van der Waals surface area contributed by atoms with Crippen molar-refractivity contribution in [3.8, 4) is 0 Å². The molecule has 0 radical (unpaired) electrons. The van der Waals surface area contributed by atoms with Crippen LogP contribution in [0, 0.1) is 11.8 Å². The van der Waals surface area contributed by atoms with Crippen molar-refractivity contribution in [3.05, 3.63) is 33.5 Å². The normalized spacial score (nSPS) is 32.9. The van der Waals surface area contributed by atoms with Crippen LogP contribution in [0.2, 0.25) is 4.34 Å². The highest BCUT2D eigenvalue weighted by molar-refractivity contribution is 7.17. The number of amides is 2. The van der Waals surface area contributed by atoms with Gasteiger partial charge in [-0.1, -0.05) is 23.8 Å². The van der Waals surface area contributed by atoms with Crippen LogP contribution in [0.25, 0.3) is 0 Å². The molecule has 21 heavy (non-hydrogen) atoms. The summed E-state index contributed by atoms with van der Waals surface area (Å²) in [5, 5.41) is 0.570. The van der Waals surface area contributed by atoms with Gasteiger partial charge >= 0.3 is 5.97 Å². The minimum absolute atomic E-state index is 0.231. The molecule has 2 fully saturated rings. The van der Waals surface area contributed by atoms with E-state index in [9.17, 15) is 14.4 Å². The molecule has 0 aliphatic carbocycles. The lowest BCUT2D eigenvalue weighted by Crippen LogP contribution is -2.36. The van der Waals surface area contributed by atoms with Crippen molar-refractivity contribution in [1.29, 1.82) is 0 Å². The summed E-state index contributed by atoms with van der Waals surface area (Å²) in [6.07, 6.45) is 2.72. The number of carbonyl (C=O) groups is 3. The van der Waals surface area contributed by atoms with E-state index in [2.05, 4.69) is 0 Å². The van der Waals surface area contributed by atoms with Crippen LogP contribution in [0.5, 0.6) is 0 Å². The number of thiophene rings is 1. The first-order valence-corrected chi connectivity index (χ1v) is 7.45. The van der Waals surface area contributed by atoms with Gasteiger partial charge in [0.2, 0.25) is 0 Å². The molecule has 0 aromatic carbocycles. The van der Waals surface area contributed by atoms with Gasteiger partial charge in [-0.15, -0.1) is 16.4 Å². The topological polar surface area (TPSA) is 72.9 Å². The van der Waals surface area contributed by atoms with Gasteiger partial charge in [0.05, 0.1) is 28.4 Å². The minimum Gasteiger partial charge on any atom is -0.365 e. The molecule has 0 N–H and O–H groups in total. The molecular weight excluding hydrogens is 318 g/mol. The number of hydrogen-bond acceptors (Lipinski definition) is 6. The van der Waals surface area contributed by atoms with Gasteiger partial charge in [0, 0.05) is 0 Å². The molecule has 3 aliphatic heterocycles. The first kappa shape index (κ1) is 13.0. The highest BCUT2D eigenvalue weighted by Crippen LogP contribution is 2.45. The van der Waals surface area contributed by atoms with E-state index in [1.807, 2.05) is 0 Å². The molecule has 6 nitrogen and oxygen atoms in total. The maximum absolute atomic E-state index is 12.3. The number of ether oxygens (including phenoxy) is 1. The lowest BCUT2D eigenvalue weighted by Gasteiger charge is -2.15. The molecule has 0 spiro atoms. The fourth-order valence-corrected chi connectivity index (χ4v) is 3.83. The van der Waals surface area contributed by atoms with Crippen LogP contribution in [0.3, 0.4) is 0 Å². The number of nitrogens with zero attached hydrogens (tertiary/aromatic N) is 1. The van der Waals surface area contributed by atoms with Crippen LogP contribution in [-0.2, 0) is 19.2 Å². The maximum atomic E-state index is 12.3. The molecule has 1 aromatic rings. The van der Waals surface area contributed by atoms with E-state index in [1.54, 1.807) is 18.2 Å². The number of carbonyl (C=O) groups excluding carboxylic acids is 3. The molecule has 8 heteroatoms. The summed E-state index contributed by atoms with van der Waals surface area (Å²) in [5.41, 5.74) is 0. The third-order valence-corrected chi connectivity index (χ3v) is 5.03. The predicted octanol–water partition coefficient (Wildman–Crippen LogP) is 1.41. The van der Waals surface area contributed by atoms with E-state index in [0.717, 1.165) is 11.3 Å². The summed E-state index contributed by atoms with van der Waals surface area (Å²) in [7, 11) is 0.